The van der Waals surface area contributed by atoms with Gasteiger partial charge >= 0.3 is 5.97 Å². The minimum atomic E-state index is -0.0958. The summed E-state index contributed by atoms with van der Waals surface area (Å²) in [5.74, 6) is 0.463. The molecule has 0 amide bonds. The molecule has 1 saturated carbocycles. The van der Waals surface area contributed by atoms with E-state index >= 15 is 0 Å². The first-order valence-corrected chi connectivity index (χ1v) is 8.90. The summed E-state index contributed by atoms with van der Waals surface area (Å²) >= 11 is 0. The van der Waals surface area contributed by atoms with Gasteiger partial charge in [-0.2, -0.15) is 0 Å². The van der Waals surface area contributed by atoms with Crippen molar-refractivity contribution < 1.29 is 19.1 Å². The molecule has 0 saturated heterocycles. The van der Waals surface area contributed by atoms with E-state index in [9.17, 15) is 9.59 Å². The quantitative estimate of drug-likeness (QED) is 0.584. The van der Waals surface area contributed by atoms with Crippen molar-refractivity contribution >= 4 is 12.3 Å². The lowest BCUT2D eigenvalue weighted by molar-refractivity contribution is -0.149. The van der Waals surface area contributed by atoms with Crippen LogP contribution in [0.4, 0.5) is 0 Å². The normalized spacial score (nSPS) is 19.6. The highest BCUT2D eigenvalue weighted by molar-refractivity contribution is 5.75. The summed E-state index contributed by atoms with van der Waals surface area (Å²) in [5, 5.41) is 0. The van der Waals surface area contributed by atoms with E-state index < -0.39 is 0 Å². The Hall–Kier alpha value is -2.76. The number of hydrogen-bond acceptors (Lipinski definition) is 6. The molecule has 0 atom stereocenters. The third-order valence-electron chi connectivity index (χ3n) is 4.54. The number of hydrogen-bond donors (Lipinski definition) is 0. The van der Waals surface area contributed by atoms with Crippen molar-refractivity contribution in [2.24, 2.45) is 5.92 Å². The Balaban J connectivity index is 1.55. The number of esters is 1. The van der Waals surface area contributed by atoms with Crippen molar-refractivity contribution in [1.82, 2.24) is 9.97 Å². The van der Waals surface area contributed by atoms with Gasteiger partial charge in [-0.25, -0.2) is 4.98 Å². The summed E-state index contributed by atoms with van der Waals surface area (Å²) in [4.78, 5) is 31.1. The number of rotatable bonds is 6. The van der Waals surface area contributed by atoms with Gasteiger partial charge in [0, 0.05) is 29.6 Å². The Morgan fingerprint density at radius 1 is 1.12 bits per heavy atom. The van der Waals surface area contributed by atoms with Gasteiger partial charge in [-0.3, -0.25) is 14.6 Å². The van der Waals surface area contributed by atoms with E-state index in [4.69, 9.17) is 9.47 Å². The fourth-order valence-electron chi connectivity index (χ4n) is 3.09. The predicted octanol–water partition coefficient (Wildman–Crippen LogP) is 3.46. The van der Waals surface area contributed by atoms with Crippen LogP contribution in [0.3, 0.4) is 0 Å². The molecule has 0 unspecified atom stereocenters. The molecule has 2 heterocycles. The van der Waals surface area contributed by atoms with E-state index in [1.807, 2.05) is 19.1 Å². The molecule has 6 nitrogen and oxygen atoms in total. The van der Waals surface area contributed by atoms with Crippen molar-refractivity contribution in [2.75, 3.05) is 6.61 Å². The molecule has 0 N–H and O–H groups in total. The largest absolute Gasteiger partial charge is 0.474 e. The molecular weight excluding hydrogens is 332 g/mol. The molecule has 2 aromatic rings. The zero-order valence-electron chi connectivity index (χ0n) is 14.8. The number of nitrogens with zero attached hydrogens (tertiary/aromatic N) is 2. The van der Waals surface area contributed by atoms with E-state index in [1.165, 1.54) is 6.20 Å². The highest BCUT2D eigenvalue weighted by Crippen LogP contribution is 2.28. The minimum Gasteiger partial charge on any atom is -0.474 e. The molecular formula is C20H22N2O4. The zero-order chi connectivity index (χ0) is 18.4. The molecule has 6 heteroatoms. The van der Waals surface area contributed by atoms with Crippen LogP contribution in [0.15, 0.2) is 36.7 Å². The first-order valence-electron chi connectivity index (χ1n) is 8.90. The standard InChI is InChI=1S/C20H22N2O4/c1-2-25-20(24)15-4-7-17(8-5-15)26-19-10-6-16(12-22-19)18-9-3-14(13-23)11-21-18/h3,6,9-13,15,17H,2,4-5,7-8H2,1H3. The van der Waals surface area contributed by atoms with E-state index in [1.54, 1.807) is 18.3 Å². The van der Waals surface area contributed by atoms with Crippen LogP contribution in [-0.2, 0) is 9.53 Å². The van der Waals surface area contributed by atoms with Gasteiger partial charge in [0.1, 0.15) is 6.10 Å². The number of carbonyl (C=O) groups is 2. The van der Waals surface area contributed by atoms with Crippen LogP contribution in [0.2, 0.25) is 0 Å². The highest BCUT2D eigenvalue weighted by Gasteiger charge is 2.28. The lowest BCUT2D eigenvalue weighted by Gasteiger charge is -2.27. The summed E-state index contributed by atoms with van der Waals surface area (Å²) in [6, 6.07) is 7.23. The molecule has 26 heavy (non-hydrogen) atoms. The second kappa shape index (κ2) is 8.56. The van der Waals surface area contributed by atoms with Gasteiger partial charge in [-0.05, 0) is 50.8 Å². The monoisotopic (exact) mass is 354 g/mol. The van der Waals surface area contributed by atoms with Crippen LogP contribution < -0.4 is 4.74 Å². The Bertz CT molecular complexity index is 735. The SMILES string of the molecule is CCOC(=O)C1CCC(Oc2ccc(-c3ccc(C=O)cn3)cn2)CC1. The van der Waals surface area contributed by atoms with Gasteiger partial charge < -0.3 is 9.47 Å². The first kappa shape index (κ1) is 18.0. The predicted molar refractivity (Wildman–Crippen MR) is 95.9 cm³/mol. The fraction of sp³-hybridized carbons (Fsp3) is 0.400. The molecule has 0 spiro atoms. The van der Waals surface area contributed by atoms with Gasteiger partial charge in [0.25, 0.3) is 0 Å². The topological polar surface area (TPSA) is 78.4 Å². The third-order valence-corrected chi connectivity index (χ3v) is 4.54. The molecule has 0 aliphatic heterocycles. The van der Waals surface area contributed by atoms with E-state index in [0.29, 0.717) is 18.1 Å². The van der Waals surface area contributed by atoms with Gasteiger partial charge in [0.2, 0.25) is 5.88 Å². The van der Waals surface area contributed by atoms with Crippen LogP contribution >= 0.6 is 0 Å². The van der Waals surface area contributed by atoms with Crippen molar-refractivity contribution in [3.63, 3.8) is 0 Å². The average molecular weight is 354 g/mol. The van der Waals surface area contributed by atoms with Gasteiger partial charge in [0.05, 0.1) is 18.2 Å². The Kier molecular flexibility index (Phi) is 5.94. The fourth-order valence-corrected chi connectivity index (χ4v) is 3.09. The smallest absolute Gasteiger partial charge is 0.308 e. The maximum absolute atomic E-state index is 11.8. The van der Waals surface area contributed by atoms with Crippen LogP contribution in [0.5, 0.6) is 5.88 Å². The third kappa shape index (κ3) is 4.45. The van der Waals surface area contributed by atoms with Crippen molar-refractivity contribution in [1.29, 1.82) is 0 Å². The van der Waals surface area contributed by atoms with Gasteiger partial charge in [-0.1, -0.05) is 0 Å². The van der Waals surface area contributed by atoms with Crippen molar-refractivity contribution in [2.45, 2.75) is 38.7 Å². The second-order valence-electron chi connectivity index (χ2n) is 6.32. The molecule has 0 radical (unpaired) electrons. The number of aldehydes is 1. The van der Waals surface area contributed by atoms with Crippen molar-refractivity contribution in [3.8, 4) is 17.1 Å². The molecule has 3 rings (SSSR count). The lowest BCUT2D eigenvalue weighted by atomic mass is 9.87. The Morgan fingerprint density at radius 3 is 2.50 bits per heavy atom. The Morgan fingerprint density at radius 2 is 1.92 bits per heavy atom. The minimum absolute atomic E-state index is 0.00875. The number of carbonyl (C=O) groups excluding carboxylic acids is 2. The maximum atomic E-state index is 11.8. The zero-order valence-corrected chi connectivity index (χ0v) is 14.8. The highest BCUT2D eigenvalue weighted by atomic mass is 16.5. The molecule has 0 bridgehead atoms. The van der Waals surface area contributed by atoms with Crippen LogP contribution in [0, 0.1) is 5.92 Å². The maximum Gasteiger partial charge on any atom is 0.308 e. The molecule has 2 aromatic heterocycles. The van der Waals surface area contributed by atoms with Crippen LogP contribution in [-0.4, -0.2) is 34.9 Å². The first-order chi connectivity index (χ1) is 12.7. The van der Waals surface area contributed by atoms with E-state index in [2.05, 4.69) is 9.97 Å². The summed E-state index contributed by atoms with van der Waals surface area (Å²) in [6.45, 7) is 2.26. The molecule has 136 valence electrons. The van der Waals surface area contributed by atoms with E-state index in [-0.39, 0.29) is 18.0 Å². The van der Waals surface area contributed by atoms with Crippen LogP contribution in [0.25, 0.3) is 11.3 Å². The average Bonchev–Trinajstić information content (AvgIpc) is 2.69. The van der Waals surface area contributed by atoms with E-state index in [0.717, 1.165) is 43.2 Å². The molecule has 1 fully saturated rings. The summed E-state index contributed by atoms with van der Waals surface area (Å²) in [7, 11) is 0. The number of ether oxygens (including phenoxy) is 2. The second-order valence-corrected chi connectivity index (χ2v) is 6.32. The number of pyridine rings is 2. The number of aromatic nitrogens is 2. The van der Waals surface area contributed by atoms with Crippen LogP contribution in [0.1, 0.15) is 43.0 Å². The molecule has 1 aliphatic rings. The molecule has 0 aromatic carbocycles. The summed E-state index contributed by atoms with van der Waals surface area (Å²) < 4.78 is 11.0. The molecule has 1 aliphatic carbocycles. The van der Waals surface area contributed by atoms with Gasteiger partial charge in [0.15, 0.2) is 6.29 Å². The van der Waals surface area contributed by atoms with Gasteiger partial charge in [-0.15, -0.1) is 0 Å². The summed E-state index contributed by atoms with van der Waals surface area (Å²) in [6.07, 6.45) is 7.30. The Labute approximate surface area is 152 Å². The summed E-state index contributed by atoms with van der Waals surface area (Å²) in [5.41, 5.74) is 2.16. The van der Waals surface area contributed by atoms with Crippen molar-refractivity contribution in [3.05, 3.63) is 42.2 Å². The lowest BCUT2D eigenvalue weighted by Crippen LogP contribution is -2.29.